The van der Waals surface area contributed by atoms with Gasteiger partial charge in [0.15, 0.2) is 0 Å². The molecule has 0 bridgehead atoms. The summed E-state index contributed by atoms with van der Waals surface area (Å²) in [5.74, 6) is 1.63. The van der Waals surface area contributed by atoms with E-state index in [1.165, 1.54) is 6.33 Å². The molecule has 0 spiro atoms. The Morgan fingerprint density at radius 1 is 1.33 bits per heavy atom. The van der Waals surface area contributed by atoms with Gasteiger partial charge in [0.2, 0.25) is 10.0 Å². The molecule has 0 unspecified atom stereocenters. The molecule has 9 heteroatoms. The number of nitrogens with one attached hydrogen (secondary N) is 3. The van der Waals surface area contributed by atoms with Gasteiger partial charge in [-0.25, -0.2) is 18.1 Å². The van der Waals surface area contributed by atoms with E-state index in [0.717, 1.165) is 0 Å². The highest BCUT2D eigenvalue weighted by Crippen LogP contribution is 2.26. The van der Waals surface area contributed by atoms with Gasteiger partial charge in [0.25, 0.3) is 0 Å². The smallest absolute Gasteiger partial charge is 0.244 e. The van der Waals surface area contributed by atoms with E-state index in [1.54, 1.807) is 20.9 Å². The molecule has 0 aliphatic carbocycles. The fourth-order valence-electron chi connectivity index (χ4n) is 2.17. The minimum Gasteiger partial charge on any atom is -0.465 e. The number of furan rings is 1. The van der Waals surface area contributed by atoms with Crippen LogP contribution in [0.15, 0.2) is 15.6 Å². The predicted molar refractivity (Wildman–Crippen MR) is 76.2 cm³/mol. The Bertz CT molecular complexity index is 691. The maximum absolute atomic E-state index is 12.4. The zero-order valence-corrected chi connectivity index (χ0v) is 13.0. The van der Waals surface area contributed by atoms with E-state index in [1.807, 2.05) is 0 Å². The van der Waals surface area contributed by atoms with Crippen molar-refractivity contribution in [3.05, 3.63) is 29.2 Å². The van der Waals surface area contributed by atoms with Crippen molar-refractivity contribution in [3.8, 4) is 0 Å². The fourth-order valence-corrected chi connectivity index (χ4v) is 3.65. The number of nitrogens with zero attached hydrogens (tertiary/aromatic N) is 2. The van der Waals surface area contributed by atoms with Crippen molar-refractivity contribution in [3.63, 3.8) is 0 Å². The molecule has 0 aliphatic rings. The predicted octanol–water partition coefficient (Wildman–Crippen LogP) is 0.255. The van der Waals surface area contributed by atoms with Crippen molar-refractivity contribution < 1.29 is 12.8 Å². The summed E-state index contributed by atoms with van der Waals surface area (Å²) in [6.45, 7) is 4.08. The van der Waals surface area contributed by atoms with Crippen LogP contribution in [0.3, 0.4) is 0 Å². The minimum atomic E-state index is -3.62. The van der Waals surface area contributed by atoms with Gasteiger partial charge in [-0.2, -0.15) is 5.10 Å². The molecule has 0 radical (unpaired) electrons. The molecule has 0 saturated carbocycles. The van der Waals surface area contributed by atoms with Crippen LogP contribution in [-0.4, -0.2) is 37.2 Å². The summed E-state index contributed by atoms with van der Waals surface area (Å²) < 4.78 is 32.9. The van der Waals surface area contributed by atoms with Crippen LogP contribution < -0.4 is 10.0 Å². The lowest BCUT2D eigenvalue weighted by Crippen LogP contribution is -2.27. The molecule has 2 aromatic heterocycles. The number of hydrogen-bond acceptors (Lipinski definition) is 6. The van der Waals surface area contributed by atoms with Gasteiger partial charge in [-0.3, -0.25) is 5.10 Å². The van der Waals surface area contributed by atoms with Crippen LogP contribution >= 0.6 is 0 Å². The lowest BCUT2D eigenvalue weighted by Gasteiger charge is -2.07. The van der Waals surface area contributed by atoms with Crippen molar-refractivity contribution in [1.82, 2.24) is 25.2 Å². The molecule has 0 aromatic carbocycles. The highest BCUT2D eigenvalue weighted by molar-refractivity contribution is 7.89. The van der Waals surface area contributed by atoms with Crippen LogP contribution in [0, 0.1) is 13.8 Å². The first-order chi connectivity index (χ1) is 9.95. The van der Waals surface area contributed by atoms with Crippen molar-refractivity contribution >= 4 is 10.0 Å². The third-order valence-electron chi connectivity index (χ3n) is 3.07. The average Bonchev–Trinajstić information content (AvgIpc) is 2.99. The first kappa shape index (κ1) is 15.7. The Kier molecular flexibility index (Phi) is 4.76. The summed E-state index contributed by atoms with van der Waals surface area (Å²) in [4.78, 5) is 4.16. The summed E-state index contributed by atoms with van der Waals surface area (Å²) >= 11 is 0. The number of hydrogen-bond donors (Lipinski definition) is 3. The van der Waals surface area contributed by atoms with Crippen LogP contribution in [0.2, 0.25) is 0 Å². The van der Waals surface area contributed by atoms with Gasteiger partial charge >= 0.3 is 0 Å². The first-order valence-electron chi connectivity index (χ1n) is 6.53. The average molecular weight is 313 g/mol. The quantitative estimate of drug-likeness (QED) is 0.675. The van der Waals surface area contributed by atoms with Crippen LogP contribution in [0.5, 0.6) is 0 Å². The lowest BCUT2D eigenvalue weighted by atomic mass is 10.2. The number of aryl methyl sites for hydroxylation is 2. The second-order valence-corrected chi connectivity index (χ2v) is 6.34. The molecule has 0 fully saturated rings. The molecule has 2 heterocycles. The van der Waals surface area contributed by atoms with E-state index in [-0.39, 0.29) is 11.4 Å². The Balaban J connectivity index is 2.15. The van der Waals surface area contributed by atoms with E-state index in [9.17, 15) is 8.42 Å². The fraction of sp³-hybridized carbons (Fsp3) is 0.500. The summed E-state index contributed by atoms with van der Waals surface area (Å²) in [6.07, 6.45) is 1.83. The highest BCUT2D eigenvalue weighted by atomic mass is 32.2. The van der Waals surface area contributed by atoms with Crippen molar-refractivity contribution in [2.45, 2.75) is 31.7 Å². The summed E-state index contributed by atoms with van der Waals surface area (Å²) in [5, 5.41) is 9.35. The third kappa shape index (κ3) is 3.49. The zero-order valence-electron chi connectivity index (χ0n) is 12.2. The molecule has 0 atom stereocenters. The maximum Gasteiger partial charge on any atom is 0.244 e. The second-order valence-electron chi connectivity index (χ2n) is 4.63. The van der Waals surface area contributed by atoms with Crippen molar-refractivity contribution in [2.24, 2.45) is 0 Å². The van der Waals surface area contributed by atoms with Gasteiger partial charge in [-0.15, -0.1) is 0 Å². The van der Waals surface area contributed by atoms with E-state index in [0.29, 0.717) is 35.9 Å². The Morgan fingerprint density at radius 2 is 2.10 bits per heavy atom. The Morgan fingerprint density at radius 3 is 2.71 bits per heavy atom. The molecule has 116 valence electrons. The van der Waals surface area contributed by atoms with Gasteiger partial charge in [0, 0.05) is 25.1 Å². The lowest BCUT2D eigenvalue weighted by molar-refractivity contribution is 0.493. The minimum absolute atomic E-state index is 0.215. The van der Waals surface area contributed by atoms with Crippen LogP contribution in [0.4, 0.5) is 0 Å². The van der Waals surface area contributed by atoms with Crippen LogP contribution in [0.25, 0.3) is 0 Å². The largest absolute Gasteiger partial charge is 0.465 e. The number of H-pyrrole nitrogens is 1. The standard InChI is InChI=1S/C12H19N5O3S/c1-8-10(6-13-3)12(9(2)20-8)21(18,19)16-5-4-11-14-7-15-17-11/h7,13,16H,4-6H2,1-3H3,(H,14,15,17). The molecular formula is C12H19N5O3S. The van der Waals surface area contributed by atoms with E-state index in [4.69, 9.17) is 4.42 Å². The maximum atomic E-state index is 12.4. The Hall–Kier alpha value is -1.71. The first-order valence-corrected chi connectivity index (χ1v) is 8.01. The Labute approximate surface area is 123 Å². The SMILES string of the molecule is CNCc1c(C)oc(C)c1S(=O)(=O)NCCc1ncn[nH]1. The molecule has 21 heavy (non-hydrogen) atoms. The van der Waals surface area contributed by atoms with Crippen LogP contribution in [0.1, 0.15) is 22.9 Å². The molecule has 2 rings (SSSR count). The van der Waals surface area contributed by atoms with Crippen molar-refractivity contribution in [2.75, 3.05) is 13.6 Å². The van der Waals surface area contributed by atoms with Gasteiger partial charge in [0.1, 0.15) is 28.6 Å². The van der Waals surface area contributed by atoms with Gasteiger partial charge in [0.05, 0.1) is 0 Å². The van der Waals surface area contributed by atoms with Gasteiger partial charge < -0.3 is 9.73 Å². The second kappa shape index (κ2) is 6.37. The molecule has 0 saturated heterocycles. The summed E-state index contributed by atoms with van der Waals surface area (Å²) in [5.41, 5.74) is 0.655. The highest BCUT2D eigenvalue weighted by Gasteiger charge is 2.26. The molecule has 8 nitrogen and oxygen atoms in total. The normalized spacial score (nSPS) is 12.0. The molecule has 0 amide bonds. The summed E-state index contributed by atoms with van der Waals surface area (Å²) in [7, 11) is -1.86. The topological polar surface area (TPSA) is 113 Å². The third-order valence-corrected chi connectivity index (χ3v) is 4.72. The molecule has 2 aromatic rings. The van der Waals surface area contributed by atoms with E-state index in [2.05, 4.69) is 25.2 Å². The number of rotatable bonds is 7. The van der Waals surface area contributed by atoms with E-state index < -0.39 is 10.0 Å². The van der Waals surface area contributed by atoms with E-state index >= 15 is 0 Å². The van der Waals surface area contributed by atoms with Gasteiger partial charge in [-0.05, 0) is 20.9 Å². The number of sulfonamides is 1. The monoisotopic (exact) mass is 313 g/mol. The number of aromatic nitrogens is 3. The molecule has 3 N–H and O–H groups in total. The van der Waals surface area contributed by atoms with Crippen molar-refractivity contribution in [1.29, 1.82) is 0 Å². The van der Waals surface area contributed by atoms with Crippen LogP contribution in [-0.2, 0) is 23.0 Å². The zero-order chi connectivity index (χ0) is 15.5. The van der Waals surface area contributed by atoms with Gasteiger partial charge in [-0.1, -0.05) is 0 Å². The summed E-state index contributed by atoms with van der Waals surface area (Å²) in [6, 6.07) is 0. The molecular weight excluding hydrogens is 294 g/mol. The number of aromatic amines is 1. The molecule has 0 aliphatic heterocycles.